The largest absolute Gasteiger partial charge is 0.454 e. The van der Waals surface area contributed by atoms with E-state index in [4.69, 9.17) is 0 Å². The topological polar surface area (TPSA) is 17.1 Å². The molecule has 0 bridgehead atoms. The average molecular weight is 262 g/mol. The highest BCUT2D eigenvalue weighted by Gasteiger charge is 2.39. The number of hydrogen-bond acceptors (Lipinski definition) is 2. The molecule has 1 rings (SSSR count). The zero-order chi connectivity index (χ0) is 13.1. The van der Waals surface area contributed by atoms with E-state index in [2.05, 4.69) is 13.8 Å². The van der Waals surface area contributed by atoms with Gasteiger partial charge in [0.15, 0.2) is 0 Å². The lowest BCUT2D eigenvalue weighted by Crippen LogP contribution is -2.22. The van der Waals surface area contributed by atoms with Crippen molar-refractivity contribution < 1.29 is 18.0 Å². The summed E-state index contributed by atoms with van der Waals surface area (Å²) in [6, 6.07) is 5.54. The first-order valence-corrected chi connectivity index (χ1v) is 6.13. The summed E-state index contributed by atoms with van der Waals surface area (Å²) in [5.41, 5.74) is -0.314. The van der Waals surface area contributed by atoms with Gasteiger partial charge in [-0.2, -0.15) is 13.2 Å². The summed E-state index contributed by atoms with van der Waals surface area (Å²) in [7, 11) is 0. The zero-order valence-electron chi connectivity index (χ0n) is 9.54. The van der Waals surface area contributed by atoms with Crippen molar-refractivity contribution in [3.8, 4) is 0 Å². The molecular weight excluding hydrogens is 249 g/mol. The molecule has 0 aliphatic heterocycles. The lowest BCUT2D eigenvalue weighted by molar-refractivity contribution is -0.0885. The Kier molecular flexibility index (Phi) is 4.62. The predicted octanol–water partition coefficient (Wildman–Crippen LogP) is 4.18. The monoisotopic (exact) mass is 262 g/mol. The van der Waals surface area contributed by atoms with Crippen LogP contribution in [0.1, 0.15) is 24.2 Å². The number of alkyl halides is 3. The van der Waals surface area contributed by atoms with E-state index in [-0.39, 0.29) is 5.56 Å². The molecule has 5 heteroatoms. The van der Waals surface area contributed by atoms with Gasteiger partial charge in [-0.15, -0.1) is 11.8 Å². The number of carbonyl (C=O) groups excluding carboxylic acids is 1. The lowest BCUT2D eigenvalue weighted by Gasteiger charge is -2.07. The van der Waals surface area contributed by atoms with Crippen LogP contribution in [0.15, 0.2) is 29.2 Å². The van der Waals surface area contributed by atoms with E-state index in [1.807, 2.05) is 0 Å². The highest BCUT2D eigenvalue weighted by Crippen LogP contribution is 2.25. The molecule has 0 saturated heterocycles. The fourth-order valence-corrected chi connectivity index (χ4v) is 1.98. The van der Waals surface area contributed by atoms with Gasteiger partial charge in [-0.25, -0.2) is 0 Å². The van der Waals surface area contributed by atoms with Gasteiger partial charge in [0.05, 0.1) is 0 Å². The minimum absolute atomic E-state index is 0.314. The van der Waals surface area contributed by atoms with Crippen molar-refractivity contribution in [3.05, 3.63) is 29.8 Å². The van der Waals surface area contributed by atoms with Crippen LogP contribution in [0.4, 0.5) is 13.2 Å². The van der Waals surface area contributed by atoms with Gasteiger partial charge in [-0.3, -0.25) is 4.79 Å². The second-order valence-electron chi connectivity index (χ2n) is 4.06. The minimum Gasteiger partial charge on any atom is -0.284 e. The molecule has 0 aliphatic rings. The van der Waals surface area contributed by atoms with E-state index in [0.717, 1.165) is 10.6 Å². The lowest BCUT2D eigenvalue weighted by atomic mass is 10.1. The average Bonchev–Trinajstić information content (AvgIpc) is 2.25. The molecule has 94 valence electrons. The standard InChI is InChI=1S/C12H13F3OS/c1-8(2)7-17-10-5-3-9(4-6-10)11(16)12(13,14)15/h3-6,8H,7H2,1-2H3. The van der Waals surface area contributed by atoms with Crippen LogP contribution in [0.25, 0.3) is 0 Å². The quantitative estimate of drug-likeness (QED) is 0.598. The first kappa shape index (κ1) is 14.1. The van der Waals surface area contributed by atoms with Crippen molar-refractivity contribution in [1.29, 1.82) is 0 Å². The molecule has 1 aromatic rings. The summed E-state index contributed by atoms with van der Waals surface area (Å²) in [5, 5.41) is 0. The Morgan fingerprint density at radius 1 is 1.24 bits per heavy atom. The molecule has 0 radical (unpaired) electrons. The molecule has 0 spiro atoms. The Morgan fingerprint density at radius 2 is 1.76 bits per heavy atom. The number of rotatable bonds is 4. The van der Waals surface area contributed by atoms with Gasteiger partial charge in [-0.05, 0) is 30.2 Å². The molecule has 0 heterocycles. The normalized spacial score (nSPS) is 11.9. The van der Waals surface area contributed by atoms with Crippen molar-refractivity contribution in [2.75, 3.05) is 5.75 Å². The number of ketones is 1. The summed E-state index contributed by atoms with van der Waals surface area (Å²) in [5.74, 6) is -0.388. The summed E-state index contributed by atoms with van der Waals surface area (Å²) in [4.78, 5) is 11.8. The summed E-state index contributed by atoms with van der Waals surface area (Å²) in [6.07, 6.45) is -4.80. The maximum Gasteiger partial charge on any atom is 0.454 e. The fourth-order valence-electron chi connectivity index (χ4n) is 1.13. The first-order valence-electron chi connectivity index (χ1n) is 5.15. The molecule has 0 saturated carbocycles. The Labute approximate surface area is 102 Å². The van der Waals surface area contributed by atoms with Crippen LogP contribution in [0.3, 0.4) is 0 Å². The zero-order valence-corrected chi connectivity index (χ0v) is 10.4. The minimum atomic E-state index is -4.80. The number of Topliss-reactive ketones (excluding diaryl/α,β-unsaturated/α-hetero) is 1. The summed E-state index contributed by atoms with van der Waals surface area (Å²) >= 11 is 1.56. The van der Waals surface area contributed by atoms with E-state index in [1.54, 1.807) is 23.9 Å². The van der Waals surface area contributed by atoms with E-state index in [0.29, 0.717) is 5.92 Å². The Balaban J connectivity index is 2.71. The molecular formula is C12H13F3OS. The SMILES string of the molecule is CC(C)CSc1ccc(C(=O)C(F)(F)F)cc1. The predicted molar refractivity (Wildman–Crippen MR) is 62.4 cm³/mol. The van der Waals surface area contributed by atoms with Crippen LogP contribution >= 0.6 is 11.8 Å². The van der Waals surface area contributed by atoms with Crippen molar-refractivity contribution in [3.63, 3.8) is 0 Å². The number of benzene rings is 1. The second-order valence-corrected chi connectivity index (χ2v) is 5.15. The molecule has 0 amide bonds. The third-order valence-corrected chi connectivity index (χ3v) is 3.40. The van der Waals surface area contributed by atoms with Crippen LogP contribution in [-0.2, 0) is 0 Å². The molecule has 0 fully saturated rings. The van der Waals surface area contributed by atoms with Crippen LogP contribution in [0, 0.1) is 5.92 Å². The van der Waals surface area contributed by atoms with Gasteiger partial charge >= 0.3 is 6.18 Å². The number of thioether (sulfide) groups is 1. The smallest absolute Gasteiger partial charge is 0.284 e. The van der Waals surface area contributed by atoms with Crippen molar-refractivity contribution >= 4 is 17.5 Å². The van der Waals surface area contributed by atoms with Crippen molar-refractivity contribution in [2.45, 2.75) is 24.9 Å². The van der Waals surface area contributed by atoms with E-state index in [9.17, 15) is 18.0 Å². The van der Waals surface area contributed by atoms with E-state index in [1.165, 1.54) is 12.1 Å². The highest BCUT2D eigenvalue weighted by atomic mass is 32.2. The second kappa shape index (κ2) is 5.58. The fraction of sp³-hybridized carbons (Fsp3) is 0.417. The number of hydrogen-bond donors (Lipinski definition) is 0. The van der Waals surface area contributed by atoms with Crippen LogP contribution in [0.2, 0.25) is 0 Å². The maximum atomic E-state index is 12.1. The van der Waals surface area contributed by atoms with Gasteiger partial charge in [0.25, 0.3) is 5.78 Å². The third-order valence-electron chi connectivity index (χ3n) is 1.96. The maximum absolute atomic E-state index is 12.1. The van der Waals surface area contributed by atoms with E-state index < -0.39 is 12.0 Å². The molecule has 0 atom stereocenters. The molecule has 17 heavy (non-hydrogen) atoms. The first-order chi connectivity index (χ1) is 7.80. The van der Waals surface area contributed by atoms with Gasteiger partial charge in [-0.1, -0.05) is 13.8 Å². The Bertz CT molecular complexity index is 382. The van der Waals surface area contributed by atoms with Crippen molar-refractivity contribution in [1.82, 2.24) is 0 Å². The van der Waals surface area contributed by atoms with Crippen LogP contribution in [-0.4, -0.2) is 17.7 Å². The summed E-state index contributed by atoms with van der Waals surface area (Å²) < 4.78 is 36.4. The Morgan fingerprint density at radius 3 is 2.18 bits per heavy atom. The van der Waals surface area contributed by atoms with Gasteiger partial charge in [0.1, 0.15) is 0 Å². The number of halogens is 3. The highest BCUT2D eigenvalue weighted by molar-refractivity contribution is 7.99. The van der Waals surface area contributed by atoms with Crippen molar-refractivity contribution in [2.24, 2.45) is 5.92 Å². The van der Waals surface area contributed by atoms with Gasteiger partial charge in [0.2, 0.25) is 0 Å². The third kappa shape index (κ3) is 4.42. The Hall–Kier alpha value is -0.970. The number of carbonyl (C=O) groups is 1. The molecule has 0 unspecified atom stereocenters. The van der Waals surface area contributed by atoms with Crippen LogP contribution < -0.4 is 0 Å². The molecule has 1 aromatic carbocycles. The molecule has 1 nitrogen and oxygen atoms in total. The van der Waals surface area contributed by atoms with Crippen LogP contribution in [0.5, 0.6) is 0 Å². The van der Waals surface area contributed by atoms with Gasteiger partial charge in [0, 0.05) is 16.2 Å². The molecule has 0 N–H and O–H groups in total. The molecule has 0 aromatic heterocycles. The van der Waals surface area contributed by atoms with E-state index >= 15 is 0 Å². The summed E-state index contributed by atoms with van der Waals surface area (Å²) in [6.45, 7) is 4.13. The molecule has 0 aliphatic carbocycles. The van der Waals surface area contributed by atoms with Gasteiger partial charge < -0.3 is 0 Å².